The fourth-order valence-electron chi connectivity index (χ4n) is 2.00. The van der Waals surface area contributed by atoms with Crippen molar-refractivity contribution in [3.05, 3.63) is 48.2 Å². The van der Waals surface area contributed by atoms with E-state index in [4.69, 9.17) is 0 Å². The molecule has 0 bridgehead atoms. The molecular weight excluding hydrogens is 206 g/mol. The first-order chi connectivity index (χ1) is 8.20. The molecule has 0 radical (unpaired) electrons. The largest absolute Gasteiger partial charge is 0.256 e. The van der Waals surface area contributed by atoms with Gasteiger partial charge < -0.3 is 0 Å². The molecule has 0 aliphatic rings. The summed E-state index contributed by atoms with van der Waals surface area (Å²) in [5, 5.41) is 1.19. The predicted molar refractivity (Wildman–Crippen MR) is 75.0 cm³/mol. The molecule has 1 heterocycles. The summed E-state index contributed by atoms with van der Waals surface area (Å²) in [6, 6.07) is 8.57. The molecule has 1 heteroatoms. The molecule has 0 aliphatic carbocycles. The summed E-state index contributed by atoms with van der Waals surface area (Å²) >= 11 is 0. The highest BCUT2D eigenvalue weighted by Crippen LogP contribution is 2.20. The van der Waals surface area contributed by atoms with Gasteiger partial charge in [0.15, 0.2) is 0 Å². The van der Waals surface area contributed by atoms with Gasteiger partial charge in [0.2, 0.25) is 0 Å². The summed E-state index contributed by atoms with van der Waals surface area (Å²) in [7, 11) is 0. The Balaban J connectivity index is 2.34. The maximum Gasteiger partial charge on any atom is 0.0710 e. The van der Waals surface area contributed by atoms with E-state index in [-0.39, 0.29) is 0 Å². The zero-order valence-electron chi connectivity index (χ0n) is 10.6. The third-order valence-corrected chi connectivity index (χ3v) is 3.07. The molecule has 0 saturated heterocycles. The summed E-state index contributed by atoms with van der Waals surface area (Å²) in [6.07, 6.45) is 6.10. The van der Waals surface area contributed by atoms with Gasteiger partial charge >= 0.3 is 0 Å². The van der Waals surface area contributed by atoms with Crippen LogP contribution in [-0.4, -0.2) is 4.98 Å². The van der Waals surface area contributed by atoms with Crippen LogP contribution in [0.2, 0.25) is 0 Å². The molecule has 1 nitrogen and oxygen atoms in total. The normalized spacial score (nSPS) is 11.0. The van der Waals surface area contributed by atoms with Crippen LogP contribution in [0, 0.1) is 5.92 Å². The molecule has 2 aromatic rings. The summed E-state index contributed by atoms with van der Waals surface area (Å²) in [5.74, 6) is 0.748. The molecule has 0 N–H and O–H groups in total. The lowest BCUT2D eigenvalue weighted by atomic mass is 10.0. The number of nitrogens with zero attached hydrogens (tertiary/aromatic N) is 1. The van der Waals surface area contributed by atoms with Crippen LogP contribution in [0.5, 0.6) is 0 Å². The fourth-order valence-corrected chi connectivity index (χ4v) is 2.00. The Hall–Kier alpha value is -1.63. The molecular formula is C16H19N. The molecule has 0 unspecified atom stereocenters. The van der Waals surface area contributed by atoms with E-state index < -0.39 is 0 Å². The van der Waals surface area contributed by atoms with Crippen molar-refractivity contribution in [2.45, 2.75) is 26.7 Å². The van der Waals surface area contributed by atoms with E-state index in [1.807, 2.05) is 18.3 Å². The van der Waals surface area contributed by atoms with E-state index in [2.05, 4.69) is 43.6 Å². The van der Waals surface area contributed by atoms with Gasteiger partial charge in [-0.25, -0.2) is 0 Å². The molecule has 0 amide bonds. The van der Waals surface area contributed by atoms with Crippen molar-refractivity contribution in [3.63, 3.8) is 0 Å². The number of fused-ring (bicyclic) bond motifs is 1. The van der Waals surface area contributed by atoms with Crippen LogP contribution in [0.3, 0.4) is 0 Å². The molecule has 2 rings (SSSR count). The Labute approximate surface area is 103 Å². The molecule has 17 heavy (non-hydrogen) atoms. The second kappa shape index (κ2) is 5.13. The van der Waals surface area contributed by atoms with E-state index in [0.29, 0.717) is 0 Å². The Morgan fingerprint density at radius 3 is 2.82 bits per heavy atom. The van der Waals surface area contributed by atoms with Crippen LogP contribution < -0.4 is 0 Å². The Morgan fingerprint density at radius 2 is 2.12 bits per heavy atom. The van der Waals surface area contributed by atoms with Gasteiger partial charge in [-0.15, -0.1) is 0 Å². The number of benzene rings is 1. The predicted octanol–water partition coefficient (Wildman–Crippen LogP) is 4.47. The topological polar surface area (TPSA) is 12.9 Å². The lowest BCUT2D eigenvalue weighted by molar-refractivity contribution is 0.587. The van der Waals surface area contributed by atoms with Gasteiger partial charge in [-0.05, 0) is 42.0 Å². The minimum Gasteiger partial charge on any atom is -0.256 e. The highest BCUT2D eigenvalue weighted by Gasteiger charge is 2.02. The third-order valence-electron chi connectivity index (χ3n) is 3.07. The zero-order chi connectivity index (χ0) is 12.3. The van der Waals surface area contributed by atoms with Crippen LogP contribution >= 0.6 is 0 Å². The van der Waals surface area contributed by atoms with Crippen molar-refractivity contribution < 1.29 is 0 Å². The highest BCUT2D eigenvalue weighted by atomic mass is 14.6. The Kier molecular flexibility index (Phi) is 3.58. The number of hydrogen-bond acceptors (Lipinski definition) is 1. The molecule has 0 saturated carbocycles. The number of hydrogen-bond donors (Lipinski definition) is 0. The Bertz CT molecular complexity index is 526. The fraction of sp³-hybridized carbons (Fsp3) is 0.312. The highest BCUT2D eigenvalue weighted by molar-refractivity contribution is 5.87. The van der Waals surface area contributed by atoms with E-state index in [0.717, 1.165) is 23.4 Å². The number of aryl methyl sites for hydroxylation is 1. The van der Waals surface area contributed by atoms with Crippen LogP contribution in [0.25, 0.3) is 17.0 Å². The molecule has 0 spiro atoms. The number of rotatable bonds is 4. The molecule has 1 aromatic carbocycles. The first-order valence-electron chi connectivity index (χ1n) is 6.21. The van der Waals surface area contributed by atoms with E-state index >= 15 is 0 Å². The summed E-state index contributed by atoms with van der Waals surface area (Å²) in [4.78, 5) is 4.43. The third kappa shape index (κ3) is 2.73. The van der Waals surface area contributed by atoms with Crippen molar-refractivity contribution in [2.24, 2.45) is 5.92 Å². The number of pyridine rings is 1. The van der Waals surface area contributed by atoms with Crippen molar-refractivity contribution in [1.29, 1.82) is 0 Å². The van der Waals surface area contributed by atoms with Crippen molar-refractivity contribution >= 4 is 17.0 Å². The Morgan fingerprint density at radius 1 is 1.29 bits per heavy atom. The van der Waals surface area contributed by atoms with E-state index in [1.165, 1.54) is 17.4 Å². The molecule has 1 aromatic heterocycles. The zero-order valence-corrected chi connectivity index (χ0v) is 10.6. The van der Waals surface area contributed by atoms with Crippen LogP contribution in [0.1, 0.15) is 31.4 Å². The summed E-state index contributed by atoms with van der Waals surface area (Å²) in [5.41, 5.74) is 3.61. The van der Waals surface area contributed by atoms with Gasteiger partial charge in [0.1, 0.15) is 0 Å². The smallest absolute Gasteiger partial charge is 0.0710 e. The van der Waals surface area contributed by atoms with E-state index in [9.17, 15) is 0 Å². The minimum atomic E-state index is 0.748. The lowest BCUT2D eigenvalue weighted by Gasteiger charge is -2.07. The van der Waals surface area contributed by atoms with Crippen molar-refractivity contribution in [2.75, 3.05) is 0 Å². The van der Waals surface area contributed by atoms with Gasteiger partial charge in [0.25, 0.3) is 0 Å². The molecule has 0 atom stereocenters. The van der Waals surface area contributed by atoms with Gasteiger partial charge in [-0.1, -0.05) is 38.6 Å². The maximum atomic E-state index is 4.43. The van der Waals surface area contributed by atoms with E-state index in [1.54, 1.807) is 0 Å². The van der Waals surface area contributed by atoms with Gasteiger partial charge in [-0.3, -0.25) is 4.98 Å². The number of aromatic nitrogens is 1. The van der Waals surface area contributed by atoms with Gasteiger partial charge in [-0.2, -0.15) is 0 Å². The first kappa shape index (κ1) is 11.8. The van der Waals surface area contributed by atoms with Crippen molar-refractivity contribution in [3.8, 4) is 0 Å². The SMILES string of the molecule is C=Cc1ccnc2cc(CCC(C)C)ccc12. The van der Waals surface area contributed by atoms with Crippen LogP contribution in [0.4, 0.5) is 0 Å². The second-order valence-corrected chi connectivity index (χ2v) is 4.89. The van der Waals surface area contributed by atoms with Gasteiger partial charge in [0.05, 0.1) is 5.52 Å². The minimum absolute atomic E-state index is 0.748. The quantitative estimate of drug-likeness (QED) is 0.748. The summed E-state index contributed by atoms with van der Waals surface area (Å²) in [6.45, 7) is 8.35. The average Bonchev–Trinajstić information content (AvgIpc) is 2.35. The average molecular weight is 225 g/mol. The summed E-state index contributed by atoms with van der Waals surface area (Å²) < 4.78 is 0. The lowest BCUT2D eigenvalue weighted by Crippen LogP contribution is -1.93. The molecule has 0 fully saturated rings. The first-order valence-corrected chi connectivity index (χ1v) is 6.21. The van der Waals surface area contributed by atoms with Crippen LogP contribution in [-0.2, 0) is 6.42 Å². The standard InChI is InChI=1S/C16H19N/c1-4-14-9-10-17-16-11-13(6-5-12(2)3)7-8-15(14)16/h4,7-12H,1,5-6H2,2-3H3. The maximum absolute atomic E-state index is 4.43. The van der Waals surface area contributed by atoms with Crippen LogP contribution in [0.15, 0.2) is 37.0 Å². The molecule has 0 aliphatic heterocycles. The molecule has 88 valence electrons. The second-order valence-electron chi connectivity index (χ2n) is 4.89. The van der Waals surface area contributed by atoms with Crippen molar-refractivity contribution in [1.82, 2.24) is 4.98 Å². The monoisotopic (exact) mass is 225 g/mol. The van der Waals surface area contributed by atoms with Gasteiger partial charge in [0, 0.05) is 11.6 Å².